The molecule has 0 bridgehead atoms. The van der Waals surface area contributed by atoms with Gasteiger partial charge in [0.1, 0.15) is 11.7 Å². The molecule has 0 radical (unpaired) electrons. The summed E-state index contributed by atoms with van der Waals surface area (Å²) in [5, 5.41) is 7.18. The number of nitrogen functional groups attached to an aromatic ring is 1. The van der Waals surface area contributed by atoms with Crippen LogP contribution in [0.4, 0.5) is 4.39 Å². The van der Waals surface area contributed by atoms with E-state index in [2.05, 4.69) is 13.8 Å². The van der Waals surface area contributed by atoms with Crippen molar-refractivity contribution in [1.82, 2.24) is 0 Å². The molecule has 0 amide bonds. The van der Waals surface area contributed by atoms with Crippen LogP contribution in [0, 0.1) is 17.1 Å². The zero-order chi connectivity index (χ0) is 11.4. The first-order valence-electron chi connectivity index (χ1n) is 4.77. The maximum absolute atomic E-state index is 13.5. The second-order valence-corrected chi connectivity index (χ2v) is 4.83. The van der Waals surface area contributed by atoms with Crippen molar-refractivity contribution in [1.29, 1.82) is 5.41 Å². The van der Waals surface area contributed by atoms with E-state index in [9.17, 15) is 4.39 Å². The van der Waals surface area contributed by atoms with Gasteiger partial charge in [-0.2, -0.15) is 0 Å². The van der Waals surface area contributed by atoms with E-state index in [0.717, 1.165) is 5.75 Å². The molecule has 0 saturated heterocycles. The molecule has 0 aliphatic carbocycles. The Hall–Kier alpha value is -1.03. The predicted molar refractivity (Wildman–Crippen MR) is 63.0 cm³/mol. The quantitative estimate of drug-likeness (QED) is 0.471. The minimum absolute atomic E-state index is 0.102. The highest BCUT2D eigenvalue weighted by Crippen LogP contribution is 2.24. The zero-order valence-electron chi connectivity index (χ0n) is 8.88. The average Bonchev–Trinajstić information content (AvgIpc) is 2.15. The van der Waals surface area contributed by atoms with Crippen molar-refractivity contribution in [3.05, 3.63) is 29.6 Å². The fourth-order valence-corrected chi connectivity index (χ4v) is 1.92. The van der Waals surface area contributed by atoms with Gasteiger partial charge in [-0.1, -0.05) is 13.8 Å². The highest BCUT2D eigenvalue weighted by molar-refractivity contribution is 7.99. The third kappa shape index (κ3) is 3.55. The zero-order valence-corrected chi connectivity index (χ0v) is 9.70. The van der Waals surface area contributed by atoms with E-state index in [-0.39, 0.29) is 11.7 Å². The van der Waals surface area contributed by atoms with Crippen molar-refractivity contribution >= 4 is 17.6 Å². The number of nitrogens with one attached hydrogen (secondary N) is 1. The normalized spacial score (nSPS) is 10.7. The molecule has 0 spiro atoms. The van der Waals surface area contributed by atoms with Gasteiger partial charge in [0.05, 0.1) is 0 Å². The minimum atomic E-state index is -0.298. The van der Waals surface area contributed by atoms with E-state index in [1.54, 1.807) is 12.1 Å². The topological polar surface area (TPSA) is 49.9 Å². The SMILES string of the molecule is CC(C)CSc1ccc(C(=N)N)cc1F. The van der Waals surface area contributed by atoms with Gasteiger partial charge in [0.25, 0.3) is 0 Å². The Labute approximate surface area is 93.6 Å². The minimum Gasteiger partial charge on any atom is -0.384 e. The van der Waals surface area contributed by atoms with Gasteiger partial charge in [0.2, 0.25) is 0 Å². The molecule has 15 heavy (non-hydrogen) atoms. The fourth-order valence-electron chi connectivity index (χ4n) is 1.04. The van der Waals surface area contributed by atoms with Crippen molar-refractivity contribution in [2.24, 2.45) is 11.7 Å². The van der Waals surface area contributed by atoms with E-state index in [0.29, 0.717) is 16.4 Å². The molecule has 0 saturated carbocycles. The molecule has 1 aromatic carbocycles. The summed E-state index contributed by atoms with van der Waals surface area (Å²) in [6, 6.07) is 4.66. The lowest BCUT2D eigenvalue weighted by Gasteiger charge is -2.06. The lowest BCUT2D eigenvalue weighted by Crippen LogP contribution is -2.11. The van der Waals surface area contributed by atoms with E-state index in [4.69, 9.17) is 11.1 Å². The van der Waals surface area contributed by atoms with Crippen LogP contribution in [0.25, 0.3) is 0 Å². The number of hydrogen-bond donors (Lipinski definition) is 2. The third-order valence-electron chi connectivity index (χ3n) is 1.82. The van der Waals surface area contributed by atoms with Crippen LogP contribution in [0.5, 0.6) is 0 Å². The van der Waals surface area contributed by atoms with Gasteiger partial charge < -0.3 is 5.73 Å². The highest BCUT2D eigenvalue weighted by atomic mass is 32.2. The summed E-state index contributed by atoms with van der Waals surface area (Å²) in [5.41, 5.74) is 5.70. The predicted octanol–water partition coefficient (Wildman–Crippen LogP) is 2.86. The summed E-state index contributed by atoms with van der Waals surface area (Å²) in [7, 11) is 0. The van der Waals surface area contributed by atoms with E-state index < -0.39 is 0 Å². The van der Waals surface area contributed by atoms with Gasteiger partial charge in [-0.15, -0.1) is 11.8 Å². The van der Waals surface area contributed by atoms with Crippen LogP contribution < -0.4 is 5.73 Å². The lowest BCUT2D eigenvalue weighted by molar-refractivity contribution is 0.601. The maximum Gasteiger partial charge on any atom is 0.137 e. The molecule has 4 heteroatoms. The van der Waals surface area contributed by atoms with Gasteiger partial charge in [-0.3, -0.25) is 5.41 Å². The molecular formula is C11H15FN2S. The van der Waals surface area contributed by atoms with Gasteiger partial charge >= 0.3 is 0 Å². The number of hydrogen-bond acceptors (Lipinski definition) is 2. The van der Waals surface area contributed by atoms with Crippen LogP contribution in [0.1, 0.15) is 19.4 Å². The van der Waals surface area contributed by atoms with Gasteiger partial charge in [0.15, 0.2) is 0 Å². The largest absolute Gasteiger partial charge is 0.384 e. The average molecular weight is 226 g/mol. The van der Waals surface area contributed by atoms with Crippen molar-refractivity contribution in [2.45, 2.75) is 18.7 Å². The summed E-state index contributed by atoms with van der Waals surface area (Å²) >= 11 is 1.49. The van der Waals surface area contributed by atoms with E-state index >= 15 is 0 Å². The molecule has 0 heterocycles. The molecule has 82 valence electrons. The lowest BCUT2D eigenvalue weighted by atomic mass is 10.2. The smallest absolute Gasteiger partial charge is 0.137 e. The van der Waals surface area contributed by atoms with Crippen molar-refractivity contribution in [2.75, 3.05) is 5.75 Å². The molecule has 2 nitrogen and oxygen atoms in total. The third-order valence-corrected chi connectivity index (χ3v) is 3.29. The first-order chi connectivity index (χ1) is 7.00. The fraction of sp³-hybridized carbons (Fsp3) is 0.364. The standard InChI is InChI=1S/C11H15FN2S/c1-7(2)6-15-10-4-3-8(11(13)14)5-9(10)12/h3-5,7H,6H2,1-2H3,(H3,13,14). The number of halogens is 1. The number of thioether (sulfide) groups is 1. The summed E-state index contributed by atoms with van der Waals surface area (Å²) in [6.07, 6.45) is 0. The van der Waals surface area contributed by atoms with Gasteiger partial charge in [-0.05, 0) is 24.1 Å². The first-order valence-corrected chi connectivity index (χ1v) is 5.76. The van der Waals surface area contributed by atoms with Crippen LogP contribution >= 0.6 is 11.8 Å². The molecule has 0 unspecified atom stereocenters. The highest BCUT2D eigenvalue weighted by Gasteiger charge is 2.06. The second-order valence-electron chi connectivity index (χ2n) is 3.76. The monoisotopic (exact) mass is 226 g/mol. The van der Waals surface area contributed by atoms with Crippen LogP contribution in [0.3, 0.4) is 0 Å². The molecule has 0 aromatic heterocycles. The number of benzene rings is 1. The van der Waals surface area contributed by atoms with Gasteiger partial charge in [-0.25, -0.2) is 4.39 Å². The molecule has 3 N–H and O–H groups in total. The summed E-state index contributed by atoms with van der Waals surface area (Å²) in [4.78, 5) is 0.619. The van der Waals surface area contributed by atoms with Crippen molar-refractivity contribution < 1.29 is 4.39 Å². The number of rotatable bonds is 4. The van der Waals surface area contributed by atoms with E-state index in [1.165, 1.54) is 17.8 Å². The second kappa shape index (κ2) is 5.16. The first kappa shape index (κ1) is 12.0. The Bertz CT molecular complexity index is 364. The van der Waals surface area contributed by atoms with Crippen LogP contribution in [-0.4, -0.2) is 11.6 Å². The molecule has 0 aliphatic rings. The Morgan fingerprint density at radius 3 is 2.67 bits per heavy atom. The molecule has 1 rings (SSSR count). The Kier molecular flexibility index (Phi) is 4.15. The maximum atomic E-state index is 13.5. The summed E-state index contributed by atoms with van der Waals surface area (Å²) in [6.45, 7) is 4.18. The molecule has 0 aliphatic heterocycles. The molecule has 1 aromatic rings. The Balaban J connectivity index is 2.79. The van der Waals surface area contributed by atoms with Crippen molar-refractivity contribution in [3.8, 4) is 0 Å². The number of amidine groups is 1. The molecule has 0 fully saturated rings. The van der Waals surface area contributed by atoms with Crippen molar-refractivity contribution in [3.63, 3.8) is 0 Å². The van der Waals surface area contributed by atoms with E-state index in [1.807, 2.05) is 0 Å². The van der Waals surface area contributed by atoms with Crippen LogP contribution in [0.15, 0.2) is 23.1 Å². The number of nitrogens with two attached hydrogens (primary N) is 1. The van der Waals surface area contributed by atoms with Gasteiger partial charge in [0, 0.05) is 16.2 Å². The Morgan fingerprint density at radius 1 is 1.53 bits per heavy atom. The van der Waals surface area contributed by atoms with Crippen LogP contribution in [0.2, 0.25) is 0 Å². The van der Waals surface area contributed by atoms with Crippen LogP contribution in [-0.2, 0) is 0 Å². The summed E-state index contributed by atoms with van der Waals surface area (Å²) in [5.74, 6) is 1.01. The molecular weight excluding hydrogens is 211 g/mol. The summed E-state index contributed by atoms with van der Waals surface area (Å²) < 4.78 is 13.5. The Morgan fingerprint density at radius 2 is 2.20 bits per heavy atom. The molecule has 0 atom stereocenters.